The van der Waals surface area contributed by atoms with Crippen LogP contribution < -0.4 is 0 Å². The van der Waals surface area contributed by atoms with Crippen LogP contribution in [0.3, 0.4) is 0 Å². The molecule has 1 amide bonds. The van der Waals surface area contributed by atoms with Crippen molar-refractivity contribution in [2.75, 3.05) is 13.1 Å². The quantitative estimate of drug-likeness (QED) is 0.577. The molecule has 13 heavy (non-hydrogen) atoms. The molecule has 0 bridgehead atoms. The zero-order valence-corrected chi connectivity index (χ0v) is 7.19. The number of piperidine rings is 1. The molecule has 1 atom stereocenters. The normalized spacial score (nSPS) is 22.1. The molecule has 1 aliphatic rings. The number of likely N-dealkylation sites (tertiary alicyclic amines) is 1. The zero-order chi connectivity index (χ0) is 9.84. The molecular weight excluding hydrogens is 170 g/mol. The molecule has 1 heterocycles. The summed E-state index contributed by atoms with van der Waals surface area (Å²) in [4.78, 5) is 23.1. The molecule has 0 aromatic heterocycles. The van der Waals surface area contributed by atoms with Gasteiger partial charge in [0, 0.05) is 13.1 Å². The first-order valence-corrected chi connectivity index (χ1v) is 4.13. The van der Waals surface area contributed by atoms with E-state index < -0.39 is 17.8 Å². The summed E-state index contributed by atoms with van der Waals surface area (Å²) in [5.74, 6) is 0.272. The molecule has 0 unspecified atom stereocenters. The molecule has 0 aromatic rings. The Kier molecular flexibility index (Phi) is 2.91. The van der Waals surface area contributed by atoms with Crippen LogP contribution in [0.15, 0.2) is 0 Å². The van der Waals surface area contributed by atoms with Crippen LogP contribution in [0.4, 0.5) is 0 Å². The zero-order valence-electron chi connectivity index (χ0n) is 7.19. The summed E-state index contributed by atoms with van der Waals surface area (Å²) < 4.78 is 0. The predicted octanol–water partition coefficient (Wildman–Crippen LogP) is -0.0572. The predicted molar refractivity (Wildman–Crippen MR) is 45.8 cm³/mol. The van der Waals surface area contributed by atoms with Gasteiger partial charge < -0.3 is 10.0 Å². The number of rotatable bonds is 1. The largest absolute Gasteiger partial charge is 0.481 e. The van der Waals surface area contributed by atoms with Gasteiger partial charge >= 0.3 is 5.97 Å². The third kappa shape index (κ3) is 2.22. The lowest BCUT2D eigenvalue weighted by atomic mass is 9.98. The molecule has 4 nitrogen and oxygen atoms in total. The average molecular weight is 181 g/mol. The third-order valence-corrected chi connectivity index (χ3v) is 2.18. The second kappa shape index (κ2) is 3.94. The van der Waals surface area contributed by atoms with Crippen molar-refractivity contribution in [1.29, 1.82) is 0 Å². The summed E-state index contributed by atoms with van der Waals surface area (Å²) in [6.45, 7) is 0.825. The number of aliphatic carboxylic acids is 1. The lowest BCUT2D eigenvalue weighted by Gasteiger charge is -2.28. The minimum absolute atomic E-state index is 0.248. The van der Waals surface area contributed by atoms with E-state index in [2.05, 4.69) is 0 Å². The van der Waals surface area contributed by atoms with Crippen molar-refractivity contribution in [3.8, 4) is 12.3 Å². The Balaban J connectivity index is 2.57. The van der Waals surface area contributed by atoms with Crippen molar-refractivity contribution in [2.45, 2.75) is 12.8 Å². The Hall–Kier alpha value is -1.50. The molecule has 1 N–H and O–H groups in total. The van der Waals surface area contributed by atoms with Gasteiger partial charge in [-0.25, -0.2) is 0 Å². The molecule has 0 saturated carbocycles. The van der Waals surface area contributed by atoms with E-state index in [4.69, 9.17) is 11.5 Å². The third-order valence-electron chi connectivity index (χ3n) is 2.18. The van der Waals surface area contributed by atoms with E-state index in [1.165, 1.54) is 4.90 Å². The minimum Gasteiger partial charge on any atom is -0.481 e. The van der Waals surface area contributed by atoms with E-state index in [9.17, 15) is 9.59 Å². The highest BCUT2D eigenvalue weighted by Gasteiger charge is 2.27. The molecule has 4 heteroatoms. The number of carbonyl (C=O) groups excluding carboxylic acids is 1. The number of carbonyl (C=O) groups is 2. The number of hydrogen-bond acceptors (Lipinski definition) is 2. The van der Waals surface area contributed by atoms with E-state index >= 15 is 0 Å². The van der Waals surface area contributed by atoms with Crippen LogP contribution in [0.2, 0.25) is 0 Å². The summed E-state index contributed by atoms with van der Waals surface area (Å²) in [7, 11) is 0. The summed E-state index contributed by atoms with van der Waals surface area (Å²) >= 11 is 0. The van der Waals surface area contributed by atoms with E-state index in [1.807, 2.05) is 5.92 Å². The molecule has 1 fully saturated rings. The Morgan fingerprint density at radius 1 is 1.54 bits per heavy atom. The molecule has 1 rings (SSSR count). The van der Waals surface area contributed by atoms with E-state index in [0.29, 0.717) is 19.4 Å². The van der Waals surface area contributed by atoms with Crippen molar-refractivity contribution in [2.24, 2.45) is 5.92 Å². The lowest BCUT2D eigenvalue weighted by Crippen LogP contribution is -2.41. The summed E-state index contributed by atoms with van der Waals surface area (Å²) in [6, 6.07) is 0. The van der Waals surface area contributed by atoms with Gasteiger partial charge in [-0.1, -0.05) is 0 Å². The Morgan fingerprint density at radius 3 is 2.77 bits per heavy atom. The Labute approximate surface area is 76.5 Å². The first kappa shape index (κ1) is 9.59. The number of amides is 1. The van der Waals surface area contributed by atoms with Crippen LogP contribution in [0, 0.1) is 18.3 Å². The first-order valence-electron chi connectivity index (χ1n) is 4.13. The smallest absolute Gasteiger partial charge is 0.308 e. The highest BCUT2D eigenvalue weighted by atomic mass is 16.4. The van der Waals surface area contributed by atoms with E-state index in [-0.39, 0.29) is 6.54 Å². The van der Waals surface area contributed by atoms with Gasteiger partial charge in [0.25, 0.3) is 5.91 Å². The molecule has 0 spiro atoms. The average Bonchev–Trinajstić information content (AvgIpc) is 2.17. The van der Waals surface area contributed by atoms with Crippen LogP contribution in [-0.4, -0.2) is 35.0 Å². The van der Waals surface area contributed by atoms with E-state index in [0.717, 1.165) is 0 Å². The fraction of sp³-hybridized carbons (Fsp3) is 0.556. The van der Waals surface area contributed by atoms with Crippen molar-refractivity contribution in [3.63, 3.8) is 0 Å². The fourth-order valence-electron chi connectivity index (χ4n) is 1.45. The maximum absolute atomic E-state index is 11.0. The maximum atomic E-state index is 11.0. The standard InChI is InChI=1S/C9H11NO3/c1-2-8(11)10-5-3-4-7(6-10)9(12)13/h1,7H,3-6H2,(H,12,13)/t7-/m1/s1. The highest BCUT2D eigenvalue weighted by Crippen LogP contribution is 2.16. The van der Waals surface area contributed by atoms with Crippen molar-refractivity contribution < 1.29 is 14.7 Å². The van der Waals surface area contributed by atoms with Gasteiger partial charge in [-0.15, -0.1) is 6.42 Å². The van der Waals surface area contributed by atoms with Crippen LogP contribution >= 0.6 is 0 Å². The van der Waals surface area contributed by atoms with Gasteiger partial charge in [-0.3, -0.25) is 9.59 Å². The van der Waals surface area contributed by atoms with E-state index in [1.54, 1.807) is 0 Å². The number of hydrogen-bond donors (Lipinski definition) is 1. The topological polar surface area (TPSA) is 57.6 Å². The summed E-state index contributed by atoms with van der Waals surface area (Å²) in [5.41, 5.74) is 0. The van der Waals surface area contributed by atoms with Crippen molar-refractivity contribution >= 4 is 11.9 Å². The number of carboxylic acid groups (broad SMARTS) is 1. The monoisotopic (exact) mass is 181 g/mol. The summed E-state index contributed by atoms with van der Waals surface area (Å²) in [6.07, 6.45) is 6.28. The molecular formula is C9H11NO3. The molecule has 0 aliphatic carbocycles. The second-order valence-corrected chi connectivity index (χ2v) is 3.07. The maximum Gasteiger partial charge on any atom is 0.308 e. The van der Waals surface area contributed by atoms with Crippen molar-refractivity contribution in [3.05, 3.63) is 0 Å². The molecule has 0 aromatic carbocycles. The number of carboxylic acids is 1. The molecule has 70 valence electrons. The van der Waals surface area contributed by atoms with Gasteiger partial charge in [0.15, 0.2) is 0 Å². The fourth-order valence-corrected chi connectivity index (χ4v) is 1.45. The van der Waals surface area contributed by atoms with Gasteiger partial charge in [-0.2, -0.15) is 0 Å². The van der Waals surface area contributed by atoms with Crippen molar-refractivity contribution in [1.82, 2.24) is 4.90 Å². The van der Waals surface area contributed by atoms with Gasteiger partial charge in [0.05, 0.1) is 5.92 Å². The Morgan fingerprint density at radius 2 is 2.23 bits per heavy atom. The number of nitrogens with zero attached hydrogens (tertiary/aromatic N) is 1. The minimum atomic E-state index is -0.852. The van der Waals surface area contributed by atoms with Crippen LogP contribution in [0.25, 0.3) is 0 Å². The van der Waals surface area contributed by atoms with Crippen LogP contribution in [-0.2, 0) is 9.59 Å². The molecule has 1 saturated heterocycles. The molecule has 0 radical (unpaired) electrons. The van der Waals surface area contributed by atoms with Crippen LogP contribution in [0.1, 0.15) is 12.8 Å². The first-order chi connectivity index (χ1) is 6.15. The van der Waals surface area contributed by atoms with Gasteiger partial charge in [0.1, 0.15) is 0 Å². The highest BCUT2D eigenvalue weighted by molar-refractivity contribution is 5.93. The second-order valence-electron chi connectivity index (χ2n) is 3.07. The summed E-state index contributed by atoms with van der Waals surface area (Å²) in [5, 5.41) is 8.72. The SMILES string of the molecule is C#CC(=O)N1CCC[C@@H](C(=O)O)C1. The van der Waals surface area contributed by atoms with Gasteiger partial charge in [-0.05, 0) is 18.8 Å². The number of terminal acetylenes is 1. The lowest BCUT2D eigenvalue weighted by molar-refractivity contribution is -0.144. The Bertz CT molecular complexity index is 267. The van der Waals surface area contributed by atoms with Gasteiger partial charge in [0.2, 0.25) is 0 Å². The van der Waals surface area contributed by atoms with Crippen LogP contribution in [0.5, 0.6) is 0 Å². The molecule has 1 aliphatic heterocycles.